The predicted molar refractivity (Wildman–Crippen MR) is 84.7 cm³/mol. The van der Waals surface area contributed by atoms with Crippen molar-refractivity contribution in [3.8, 4) is 0 Å². The molecule has 0 aromatic carbocycles. The Kier molecular flexibility index (Phi) is 3.52. The fourth-order valence-corrected chi connectivity index (χ4v) is 3.33. The lowest BCUT2D eigenvalue weighted by molar-refractivity contribution is 0.615. The summed E-state index contributed by atoms with van der Waals surface area (Å²) in [5, 5.41) is 4.10. The summed E-state index contributed by atoms with van der Waals surface area (Å²) in [4.78, 5) is 9.24. The van der Waals surface area contributed by atoms with Crippen molar-refractivity contribution >= 4 is 34.1 Å². The van der Waals surface area contributed by atoms with Crippen LogP contribution in [0.25, 0.3) is 11.2 Å². The molecule has 0 aliphatic rings. The molecule has 5 heteroatoms. The maximum absolute atomic E-state index is 6.32. The topological polar surface area (TPSA) is 30.7 Å². The third-order valence-electron chi connectivity index (χ3n) is 3.46. The van der Waals surface area contributed by atoms with Gasteiger partial charge in [-0.1, -0.05) is 0 Å². The van der Waals surface area contributed by atoms with Gasteiger partial charge in [-0.25, -0.2) is 9.97 Å². The van der Waals surface area contributed by atoms with Crippen molar-refractivity contribution in [2.75, 3.05) is 0 Å². The SMILES string of the molecule is Cc1cnc2c(c1)nc(C(C)Cl)n2C(C)c1ccsc1. The molecule has 0 amide bonds. The summed E-state index contributed by atoms with van der Waals surface area (Å²) in [6, 6.07) is 4.37. The maximum Gasteiger partial charge on any atom is 0.160 e. The Morgan fingerprint density at radius 3 is 2.80 bits per heavy atom. The number of halogens is 1. The van der Waals surface area contributed by atoms with E-state index in [2.05, 4.69) is 44.4 Å². The average molecular weight is 306 g/mol. The van der Waals surface area contributed by atoms with Crippen molar-refractivity contribution < 1.29 is 0 Å². The van der Waals surface area contributed by atoms with Crippen LogP contribution in [0.5, 0.6) is 0 Å². The quantitative estimate of drug-likeness (QED) is 0.656. The summed E-state index contributed by atoms with van der Waals surface area (Å²) < 4.78 is 2.15. The molecule has 3 aromatic rings. The van der Waals surface area contributed by atoms with Crippen LogP contribution in [0.1, 0.15) is 42.2 Å². The summed E-state index contributed by atoms with van der Waals surface area (Å²) in [5.74, 6) is 0.874. The van der Waals surface area contributed by atoms with Crippen LogP contribution in [0.3, 0.4) is 0 Å². The van der Waals surface area contributed by atoms with Crippen molar-refractivity contribution in [1.82, 2.24) is 14.5 Å². The molecule has 0 fully saturated rings. The number of aryl methyl sites for hydroxylation is 1. The smallest absolute Gasteiger partial charge is 0.160 e. The highest BCUT2D eigenvalue weighted by atomic mass is 35.5. The van der Waals surface area contributed by atoms with Gasteiger partial charge in [0, 0.05) is 6.20 Å². The molecule has 0 aliphatic heterocycles. The van der Waals surface area contributed by atoms with Crippen molar-refractivity contribution in [3.63, 3.8) is 0 Å². The first-order valence-electron chi connectivity index (χ1n) is 6.58. The molecule has 0 N–H and O–H groups in total. The van der Waals surface area contributed by atoms with E-state index in [4.69, 9.17) is 11.6 Å². The van der Waals surface area contributed by atoms with E-state index in [0.717, 1.165) is 22.6 Å². The second-order valence-electron chi connectivity index (χ2n) is 5.04. The van der Waals surface area contributed by atoms with Crippen LogP contribution in [0.15, 0.2) is 29.1 Å². The normalized spacial score (nSPS) is 14.6. The number of imidazole rings is 1. The van der Waals surface area contributed by atoms with Gasteiger partial charge in [-0.15, -0.1) is 11.6 Å². The molecule has 104 valence electrons. The van der Waals surface area contributed by atoms with Gasteiger partial charge < -0.3 is 4.57 Å². The third kappa shape index (κ3) is 2.23. The fraction of sp³-hybridized carbons (Fsp3) is 0.333. The molecule has 3 aromatic heterocycles. The number of pyridine rings is 1. The molecule has 0 saturated carbocycles. The Hall–Kier alpha value is -1.39. The number of alkyl halides is 1. The highest BCUT2D eigenvalue weighted by Crippen LogP contribution is 2.31. The Morgan fingerprint density at radius 1 is 1.35 bits per heavy atom. The van der Waals surface area contributed by atoms with Crippen molar-refractivity contribution in [2.24, 2.45) is 0 Å². The van der Waals surface area contributed by atoms with Crippen LogP contribution in [-0.2, 0) is 0 Å². The molecule has 2 unspecified atom stereocenters. The molecular weight excluding hydrogens is 290 g/mol. The number of thiophene rings is 1. The van der Waals surface area contributed by atoms with Crippen LogP contribution < -0.4 is 0 Å². The van der Waals surface area contributed by atoms with Crippen molar-refractivity contribution in [2.45, 2.75) is 32.2 Å². The highest BCUT2D eigenvalue weighted by molar-refractivity contribution is 7.07. The lowest BCUT2D eigenvalue weighted by atomic mass is 10.1. The molecule has 0 aliphatic carbocycles. The van der Waals surface area contributed by atoms with Crippen molar-refractivity contribution in [3.05, 3.63) is 46.0 Å². The number of hydrogen-bond acceptors (Lipinski definition) is 3. The number of aromatic nitrogens is 3. The van der Waals surface area contributed by atoms with Gasteiger partial charge in [-0.2, -0.15) is 11.3 Å². The predicted octanol–water partition coefficient (Wildman–Crippen LogP) is 4.71. The second kappa shape index (κ2) is 5.19. The molecule has 20 heavy (non-hydrogen) atoms. The van der Waals surface area contributed by atoms with Gasteiger partial charge in [-0.3, -0.25) is 0 Å². The van der Waals surface area contributed by atoms with E-state index in [1.807, 2.05) is 20.0 Å². The fourth-order valence-electron chi connectivity index (χ4n) is 2.42. The van der Waals surface area contributed by atoms with Gasteiger partial charge in [0.15, 0.2) is 5.65 Å². The molecule has 2 atom stereocenters. The summed E-state index contributed by atoms with van der Waals surface area (Å²) in [6.45, 7) is 6.14. The number of nitrogens with zero attached hydrogens (tertiary/aromatic N) is 3. The highest BCUT2D eigenvalue weighted by Gasteiger charge is 2.21. The Bertz CT molecular complexity index is 731. The van der Waals surface area contributed by atoms with E-state index in [1.54, 1.807) is 11.3 Å². The Balaban J connectivity index is 2.24. The summed E-state index contributed by atoms with van der Waals surface area (Å²) >= 11 is 8.02. The van der Waals surface area contributed by atoms with Crippen LogP contribution in [0, 0.1) is 6.92 Å². The number of hydrogen-bond donors (Lipinski definition) is 0. The molecular formula is C15H16ClN3S. The third-order valence-corrected chi connectivity index (χ3v) is 4.36. The monoisotopic (exact) mass is 305 g/mol. The maximum atomic E-state index is 6.32. The molecule has 0 bridgehead atoms. The van der Waals surface area contributed by atoms with Crippen LogP contribution in [0.4, 0.5) is 0 Å². The zero-order chi connectivity index (χ0) is 14.3. The molecule has 3 heterocycles. The van der Waals surface area contributed by atoms with E-state index in [1.165, 1.54) is 5.56 Å². The molecule has 0 saturated heterocycles. The first kappa shape index (κ1) is 13.6. The van der Waals surface area contributed by atoms with Gasteiger partial charge in [0.1, 0.15) is 11.3 Å². The van der Waals surface area contributed by atoms with E-state index in [-0.39, 0.29) is 11.4 Å². The van der Waals surface area contributed by atoms with Crippen LogP contribution in [-0.4, -0.2) is 14.5 Å². The van der Waals surface area contributed by atoms with E-state index >= 15 is 0 Å². The molecule has 0 radical (unpaired) electrons. The largest absolute Gasteiger partial charge is 0.304 e. The second-order valence-corrected chi connectivity index (χ2v) is 6.48. The Morgan fingerprint density at radius 2 is 2.15 bits per heavy atom. The van der Waals surface area contributed by atoms with Gasteiger partial charge in [0.2, 0.25) is 0 Å². The van der Waals surface area contributed by atoms with E-state index in [0.29, 0.717) is 0 Å². The molecule has 3 rings (SSSR count). The van der Waals surface area contributed by atoms with Gasteiger partial charge >= 0.3 is 0 Å². The first-order chi connectivity index (χ1) is 9.58. The lowest BCUT2D eigenvalue weighted by Gasteiger charge is -2.17. The number of fused-ring (bicyclic) bond motifs is 1. The minimum atomic E-state index is -0.148. The molecule has 0 spiro atoms. The zero-order valence-electron chi connectivity index (χ0n) is 11.7. The average Bonchev–Trinajstić information content (AvgIpc) is 3.04. The standard InChI is InChI=1S/C15H16ClN3S/c1-9-6-13-15(17-7-9)19(14(18-13)10(2)16)11(3)12-4-5-20-8-12/h4-8,10-11H,1-3H3. The van der Waals surface area contributed by atoms with Crippen molar-refractivity contribution in [1.29, 1.82) is 0 Å². The minimum absolute atomic E-state index is 0.148. The summed E-state index contributed by atoms with van der Waals surface area (Å²) in [6.07, 6.45) is 1.88. The van der Waals surface area contributed by atoms with E-state index in [9.17, 15) is 0 Å². The summed E-state index contributed by atoms with van der Waals surface area (Å²) in [5.41, 5.74) is 4.18. The van der Waals surface area contributed by atoms with Crippen LogP contribution >= 0.6 is 22.9 Å². The Labute approximate surface area is 127 Å². The summed E-state index contributed by atoms with van der Waals surface area (Å²) in [7, 11) is 0. The van der Waals surface area contributed by atoms with Gasteiger partial charge in [0.25, 0.3) is 0 Å². The first-order valence-corrected chi connectivity index (χ1v) is 7.96. The number of rotatable bonds is 3. The zero-order valence-corrected chi connectivity index (χ0v) is 13.2. The minimum Gasteiger partial charge on any atom is -0.304 e. The van der Waals surface area contributed by atoms with Gasteiger partial charge in [-0.05, 0) is 54.8 Å². The van der Waals surface area contributed by atoms with E-state index < -0.39 is 0 Å². The van der Waals surface area contributed by atoms with Crippen LogP contribution in [0.2, 0.25) is 0 Å². The molecule has 3 nitrogen and oxygen atoms in total. The van der Waals surface area contributed by atoms with Gasteiger partial charge in [0.05, 0.1) is 11.4 Å². The lowest BCUT2D eigenvalue weighted by Crippen LogP contribution is -2.11.